The summed E-state index contributed by atoms with van der Waals surface area (Å²) in [5, 5.41) is 5.48. The number of hydrogen-bond donors (Lipinski definition) is 2. The molecule has 0 aromatic heterocycles. The lowest BCUT2D eigenvalue weighted by molar-refractivity contribution is -0.140. The average molecular weight is 439 g/mol. The number of methoxy groups -OCH3 is 1. The zero-order chi connectivity index (χ0) is 23.1. The minimum Gasteiger partial charge on any atom is -0.493 e. The fourth-order valence-corrected chi connectivity index (χ4v) is 3.40. The van der Waals surface area contributed by atoms with Crippen LogP contribution < -0.4 is 20.1 Å². The van der Waals surface area contributed by atoms with Gasteiger partial charge in [-0.15, -0.1) is 0 Å². The Morgan fingerprint density at radius 1 is 1.09 bits per heavy atom. The number of ether oxygens (including phenoxy) is 3. The average Bonchev–Trinajstić information content (AvgIpc) is 2.77. The van der Waals surface area contributed by atoms with Gasteiger partial charge in [0.15, 0.2) is 11.5 Å². The predicted molar refractivity (Wildman–Crippen MR) is 121 cm³/mol. The third kappa shape index (κ3) is 5.81. The molecule has 0 aliphatic carbocycles. The first kappa shape index (κ1) is 23.2. The Balaban J connectivity index is 1.82. The number of carbonyl (C=O) groups is 2. The highest BCUT2D eigenvalue weighted by atomic mass is 16.5. The molecule has 7 heteroatoms. The van der Waals surface area contributed by atoms with E-state index in [0.29, 0.717) is 40.9 Å². The van der Waals surface area contributed by atoms with Gasteiger partial charge >= 0.3 is 12.0 Å². The number of amides is 2. The molecule has 32 heavy (non-hydrogen) atoms. The normalized spacial score (nSPS) is 15.8. The Kier molecular flexibility index (Phi) is 7.76. The van der Waals surface area contributed by atoms with Crippen molar-refractivity contribution in [1.29, 1.82) is 0 Å². The van der Waals surface area contributed by atoms with Crippen molar-refractivity contribution in [3.05, 3.63) is 70.9 Å². The molecule has 0 radical (unpaired) electrons. The van der Waals surface area contributed by atoms with Gasteiger partial charge in [-0.2, -0.15) is 0 Å². The summed E-state index contributed by atoms with van der Waals surface area (Å²) in [6, 6.07) is 13.8. The quantitative estimate of drug-likeness (QED) is 0.564. The van der Waals surface area contributed by atoms with E-state index in [4.69, 9.17) is 14.2 Å². The van der Waals surface area contributed by atoms with Crippen molar-refractivity contribution in [2.75, 3.05) is 13.7 Å². The standard InChI is InChI=1S/C25H30N2O5/c1-16(2)12-13-31-20-11-10-19(14-21(20)30-4)23-22(17(3)26-25(29)27-23)24(28)32-15-18-8-6-5-7-9-18/h5-11,14,16,23H,12-13,15H2,1-4H3,(H2,26,27,29)/t23-/m0/s1. The number of benzene rings is 2. The van der Waals surface area contributed by atoms with Gasteiger partial charge in [-0.05, 0) is 42.5 Å². The smallest absolute Gasteiger partial charge is 0.338 e. The van der Waals surface area contributed by atoms with Crippen LogP contribution in [-0.4, -0.2) is 25.7 Å². The Morgan fingerprint density at radius 2 is 1.84 bits per heavy atom. The molecule has 0 saturated carbocycles. The number of urea groups is 1. The van der Waals surface area contributed by atoms with Crippen LogP contribution in [0.1, 0.15) is 44.4 Å². The van der Waals surface area contributed by atoms with E-state index in [1.54, 1.807) is 26.2 Å². The van der Waals surface area contributed by atoms with Crippen molar-refractivity contribution in [1.82, 2.24) is 10.6 Å². The molecular formula is C25H30N2O5. The fourth-order valence-electron chi connectivity index (χ4n) is 3.40. The topological polar surface area (TPSA) is 85.9 Å². The van der Waals surface area contributed by atoms with Crippen molar-refractivity contribution >= 4 is 12.0 Å². The van der Waals surface area contributed by atoms with E-state index < -0.39 is 12.0 Å². The molecule has 2 aromatic carbocycles. The third-order valence-electron chi connectivity index (χ3n) is 5.18. The molecule has 0 spiro atoms. The number of hydrogen-bond acceptors (Lipinski definition) is 5. The van der Waals surface area contributed by atoms with Gasteiger partial charge in [0.25, 0.3) is 0 Å². The lowest BCUT2D eigenvalue weighted by Crippen LogP contribution is -2.45. The molecule has 0 fully saturated rings. The molecule has 0 bridgehead atoms. The Morgan fingerprint density at radius 3 is 2.53 bits per heavy atom. The van der Waals surface area contributed by atoms with Crippen LogP contribution in [0, 0.1) is 5.92 Å². The van der Waals surface area contributed by atoms with Crippen LogP contribution in [0.4, 0.5) is 4.79 Å². The summed E-state index contributed by atoms with van der Waals surface area (Å²) in [6.07, 6.45) is 0.925. The zero-order valence-corrected chi connectivity index (χ0v) is 18.9. The maximum absolute atomic E-state index is 13.0. The molecule has 0 unspecified atom stereocenters. The van der Waals surface area contributed by atoms with Gasteiger partial charge in [-0.25, -0.2) is 9.59 Å². The van der Waals surface area contributed by atoms with Gasteiger partial charge in [0, 0.05) is 5.70 Å². The van der Waals surface area contributed by atoms with Crippen LogP contribution >= 0.6 is 0 Å². The second-order valence-electron chi connectivity index (χ2n) is 8.07. The van der Waals surface area contributed by atoms with Gasteiger partial charge in [-0.3, -0.25) is 0 Å². The van der Waals surface area contributed by atoms with E-state index in [0.717, 1.165) is 12.0 Å². The molecule has 0 saturated heterocycles. The highest BCUT2D eigenvalue weighted by Gasteiger charge is 2.32. The predicted octanol–water partition coefficient (Wildman–Crippen LogP) is 4.49. The summed E-state index contributed by atoms with van der Waals surface area (Å²) in [5.41, 5.74) is 2.37. The summed E-state index contributed by atoms with van der Waals surface area (Å²) < 4.78 is 16.9. The van der Waals surface area contributed by atoms with Gasteiger partial charge in [0.05, 0.1) is 25.3 Å². The second-order valence-corrected chi connectivity index (χ2v) is 8.07. The number of rotatable bonds is 9. The molecule has 1 atom stereocenters. The first-order valence-electron chi connectivity index (χ1n) is 10.7. The maximum Gasteiger partial charge on any atom is 0.338 e. The lowest BCUT2D eigenvalue weighted by Gasteiger charge is -2.28. The third-order valence-corrected chi connectivity index (χ3v) is 5.18. The summed E-state index contributed by atoms with van der Waals surface area (Å²) in [4.78, 5) is 25.1. The molecule has 2 amide bonds. The minimum absolute atomic E-state index is 0.142. The summed E-state index contributed by atoms with van der Waals surface area (Å²) in [7, 11) is 1.56. The molecule has 7 nitrogen and oxygen atoms in total. The van der Waals surface area contributed by atoms with Crippen molar-refractivity contribution in [3.63, 3.8) is 0 Å². The molecule has 170 valence electrons. The Bertz CT molecular complexity index is 985. The highest BCUT2D eigenvalue weighted by molar-refractivity contribution is 5.95. The van der Waals surface area contributed by atoms with Crippen LogP contribution in [0.5, 0.6) is 11.5 Å². The van der Waals surface area contributed by atoms with Gasteiger partial charge in [-0.1, -0.05) is 50.2 Å². The molecular weight excluding hydrogens is 408 g/mol. The maximum atomic E-state index is 13.0. The molecule has 2 aromatic rings. The fraction of sp³-hybridized carbons (Fsp3) is 0.360. The molecule has 1 aliphatic rings. The van der Waals surface area contributed by atoms with Crippen molar-refractivity contribution in [2.45, 2.75) is 39.8 Å². The van der Waals surface area contributed by atoms with E-state index in [2.05, 4.69) is 24.5 Å². The summed E-state index contributed by atoms with van der Waals surface area (Å²) in [6.45, 7) is 6.68. The lowest BCUT2D eigenvalue weighted by atomic mass is 9.95. The SMILES string of the molecule is COc1cc([C@@H]2NC(=O)NC(C)=C2C(=O)OCc2ccccc2)ccc1OCCC(C)C. The first-order valence-corrected chi connectivity index (χ1v) is 10.7. The minimum atomic E-state index is -0.675. The van der Waals surface area contributed by atoms with E-state index in [1.165, 1.54) is 0 Å². The zero-order valence-electron chi connectivity index (χ0n) is 18.9. The summed E-state index contributed by atoms with van der Waals surface area (Å²) in [5.74, 6) is 1.18. The number of allylic oxidation sites excluding steroid dienone is 1. The van der Waals surface area contributed by atoms with Gasteiger partial charge < -0.3 is 24.8 Å². The van der Waals surface area contributed by atoms with Gasteiger partial charge in [0.1, 0.15) is 6.61 Å². The number of carbonyl (C=O) groups excluding carboxylic acids is 2. The molecule has 1 aliphatic heterocycles. The van der Waals surface area contributed by atoms with E-state index in [1.807, 2.05) is 36.4 Å². The molecule has 1 heterocycles. The monoisotopic (exact) mass is 438 g/mol. The first-order chi connectivity index (χ1) is 15.4. The van der Waals surface area contributed by atoms with Gasteiger partial charge in [0.2, 0.25) is 0 Å². The largest absolute Gasteiger partial charge is 0.493 e. The number of nitrogens with one attached hydrogen (secondary N) is 2. The van der Waals surface area contributed by atoms with Crippen molar-refractivity contribution in [3.8, 4) is 11.5 Å². The molecule has 2 N–H and O–H groups in total. The second kappa shape index (κ2) is 10.7. The van der Waals surface area contributed by atoms with Crippen LogP contribution in [0.3, 0.4) is 0 Å². The van der Waals surface area contributed by atoms with Crippen LogP contribution in [-0.2, 0) is 16.1 Å². The van der Waals surface area contributed by atoms with E-state index in [-0.39, 0.29) is 12.6 Å². The van der Waals surface area contributed by atoms with Crippen LogP contribution in [0.2, 0.25) is 0 Å². The van der Waals surface area contributed by atoms with Crippen molar-refractivity contribution in [2.24, 2.45) is 5.92 Å². The Labute approximate surface area is 188 Å². The van der Waals surface area contributed by atoms with E-state index in [9.17, 15) is 9.59 Å². The van der Waals surface area contributed by atoms with Crippen molar-refractivity contribution < 1.29 is 23.8 Å². The van der Waals surface area contributed by atoms with Crippen LogP contribution in [0.15, 0.2) is 59.8 Å². The summed E-state index contributed by atoms with van der Waals surface area (Å²) >= 11 is 0. The Hall–Kier alpha value is -3.48. The van der Waals surface area contributed by atoms with Crippen LogP contribution in [0.25, 0.3) is 0 Å². The van der Waals surface area contributed by atoms with E-state index >= 15 is 0 Å². The number of esters is 1. The highest BCUT2D eigenvalue weighted by Crippen LogP contribution is 2.34. The molecule has 3 rings (SSSR count).